The van der Waals surface area contributed by atoms with Gasteiger partial charge in [0.2, 0.25) is 0 Å². The monoisotopic (exact) mass is 500 g/mol. The Morgan fingerprint density at radius 2 is 0.914 bits per heavy atom. The largest absolute Gasteiger partial charge is 0.416 e. The van der Waals surface area contributed by atoms with E-state index in [-0.39, 0.29) is 0 Å². The van der Waals surface area contributed by atoms with Crippen LogP contribution in [-0.4, -0.2) is 0 Å². The van der Waals surface area contributed by atoms with Gasteiger partial charge in [0, 0.05) is 0 Å². The number of hydrogen-bond acceptors (Lipinski definition) is 0. The molecule has 0 aliphatic heterocycles. The Hall–Kier alpha value is -3.37. The molecule has 7 heteroatoms. The van der Waals surface area contributed by atoms with E-state index in [1.165, 1.54) is 24.3 Å². The summed E-state index contributed by atoms with van der Waals surface area (Å²) in [7, 11) is -1.22. The van der Waals surface area contributed by atoms with E-state index >= 15 is 0 Å². The van der Waals surface area contributed by atoms with Crippen LogP contribution in [0.1, 0.15) is 22.3 Å². The molecule has 0 radical (unpaired) electrons. The van der Waals surface area contributed by atoms with Gasteiger partial charge in [0.05, 0.1) is 11.1 Å². The average molecular weight is 500 g/mol. The fraction of sp³-hybridized carbons (Fsp3) is 0.0714. The third-order valence-corrected chi connectivity index (χ3v) is 7.82. The lowest BCUT2D eigenvalue weighted by Gasteiger charge is -2.23. The Morgan fingerprint density at radius 3 is 1.31 bits per heavy atom. The van der Waals surface area contributed by atoms with Gasteiger partial charge in [-0.2, -0.15) is 26.3 Å². The lowest BCUT2D eigenvalue weighted by atomic mass is 10.1. The Labute approximate surface area is 200 Å². The minimum absolute atomic E-state index is 0.521. The van der Waals surface area contributed by atoms with Gasteiger partial charge in [-0.1, -0.05) is 84.9 Å². The molecule has 178 valence electrons. The summed E-state index contributed by atoms with van der Waals surface area (Å²) in [5.41, 5.74) is -0.443. The molecule has 0 heterocycles. The van der Waals surface area contributed by atoms with Crippen LogP contribution in [0.2, 0.25) is 0 Å². The lowest BCUT2D eigenvalue weighted by molar-refractivity contribution is -0.138. The van der Waals surface area contributed by atoms with Gasteiger partial charge in [-0.15, -0.1) is 0 Å². The lowest BCUT2D eigenvalue weighted by Crippen LogP contribution is -2.13. The first-order valence-electron chi connectivity index (χ1n) is 10.6. The molecule has 0 bridgehead atoms. The van der Waals surface area contributed by atoms with Gasteiger partial charge < -0.3 is 0 Å². The standard InChI is InChI=1S/C28H19F6P/c29-27(30,31)22-15-11-20(12-16-22)19-26(21-13-17-23(18-14-21)28(32,33)34)35(24-7-3-1-4-8-24)25-9-5-2-6-10-25/h1-19H/b26-19+. The van der Waals surface area contributed by atoms with Crippen LogP contribution >= 0.6 is 7.92 Å². The molecule has 0 N–H and O–H groups in total. The van der Waals surface area contributed by atoms with Crippen LogP contribution in [0.15, 0.2) is 109 Å². The van der Waals surface area contributed by atoms with Crippen molar-refractivity contribution in [2.45, 2.75) is 12.4 Å². The molecular weight excluding hydrogens is 481 g/mol. The van der Waals surface area contributed by atoms with Gasteiger partial charge >= 0.3 is 12.4 Å². The van der Waals surface area contributed by atoms with Gasteiger partial charge in [-0.3, -0.25) is 0 Å². The van der Waals surface area contributed by atoms with Crippen LogP contribution in [0, 0.1) is 0 Å². The minimum Gasteiger partial charge on any atom is -0.166 e. The number of alkyl halides is 6. The first-order valence-corrected chi connectivity index (χ1v) is 11.9. The second-order valence-corrected chi connectivity index (χ2v) is 9.92. The highest BCUT2D eigenvalue weighted by atomic mass is 31.1. The van der Waals surface area contributed by atoms with Crippen LogP contribution in [0.3, 0.4) is 0 Å². The molecule has 0 atom stereocenters. The summed E-state index contributed by atoms with van der Waals surface area (Å²) >= 11 is 0. The molecule has 35 heavy (non-hydrogen) atoms. The predicted molar refractivity (Wildman–Crippen MR) is 130 cm³/mol. The molecule has 0 nitrogen and oxygen atoms in total. The van der Waals surface area contributed by atoms with Crippen LogP contribution in [0.25, 0.3) is 11.4 Å². The summed E-state index contributed by atoms with van der Waals surface area (Å²) in [6, 6.07) is 28.7. The number of halogens is 6. The SMILES string of the molecule is FC(F)(F)c1ccc(/C=C(\c2ccc(C(F)(F)F)cc2)P(c2ccccc2)c2ccccc2)cc1. The van der Waals surface area contributed by atoms with Gasteiger partial charge in [0.1, 0.15) is 0 Å². The summed E-state index contributed by atoms with van der Waals surface area (Å²) in [5, 5.41) is 2.66. The van der Waals surface area contributed by atoms with Crippen molar-refractivity contribution in [3.05, 3.63) is 131 Å². The van der Waals surface area contributed by atoms with Gasteiger partial charge in [0.15, 0.2) is 0 Å². The van der Waals surface area contributed by atoms with Crippen molar-refractivity contribution in [1.82, 2.24) is 0 Å². The molecule has 0 aromatic heterocycles. The first-order chi connectivity index (χ1) is 16.6. The Kier molecular flexibility index (Phi) is 7.13. The van der Waals surface area contributed by atoms with Crippen molar-refractivity contribution < 1.29 is 26.3 Å². The van der Waals surface area contributed by atoms with Crippen molar-refractivity contribution in [3.8, 4) is 0 Å². The van der Waals surface area contributed by atoms with Crippen molar-refractivity contribution in [3.63, 3.8) is 0 Å². The third-order valence-electron chi connectivity index (χ3n) is 5.32. The topological polar surface area (TPSA) is 0 Å². The average Bonchev–Trinajstić information content (AvgIpc) is 2.84. The van der Waals surface area contributed by atoms with Gasteiger partial charge in [-0.25, -0.2) is 0 Å². The highest BCUT2D eigenvalue weighted by molar-refractivity contribution is 7.82. The van der Waals surface area contributed by atoms with Crippen LogP contribution in [0.4, 0.5) is 26.3 Å². The maximum atomic E-state index is 13.2. The summed E-state index contributed by atoms with van der Waals surface area (Å²) in [4.78, 5) is 0. The highest BCUT2D eigenvalue weighted by Gasteiger charge is 2.31. The van der Waals surface area contributed by atoms with E-state index in [2.05, 4.69) is 0 Å². The second kappa shape index (κ2) is 10.1. The number of benzene rings is 4. The highest BCUT2D eigenvalue weighted by Crippen LogP contribution is 2.50. The molecule has 4 aromatic rings. The van der Waals surface area contributed by atoms with E-state index < -0.39 is 31.4 Å². The summed E-state index contributed by atoms with van der Waals surface area (Å²) in [6.07, 6.45) is -7.17. The van der Waals surface area contributed by atoms with Crippen LogP contribution in [-0.2, 0) is 12.4 Å². The third kappa shape index (κ3) is 6.01. The fourth-order valence-corrected chi connectivity index (χ4v) is 6.09. The molecular formula is C28H19F6P. The van der Waals surface area contributed by atoms with Gasteiger partial charge in [0.25, 0.3) is 0 Å². The second-order valence-electron chi connectivity index (χ2n) is 7.73. The molecule has 4 aromatic carbocycles. The molecule has 0 fully saturated rings. The zero-order valence-corrected chi connectivity index (χ0v) is 19.1. The van der Waals surface area contributed by atoms with E-state index in [0.717, 1.165) is 40.2 Å². The first kappa shape index (κ1) is 24.7. The zero-order valence-electron chi connectivity index (χ0n) is 18.2. The minimum atomic E-state index is -4.47. The quantitative estimate of drug-likeness (QED) is 0.147. The Morgan fingerprint density at radius 1 is 0.514 bits per heavy atom. The smallest absolute Gasteiger partial charge is 0.166 e. The molecule has 0 aliphatic carbocycles. The molecule has 0 aliphatic rings. The maximum absolute atomic E-state index is 13.2. The summed E-state index contributed by atoms with van der Waals surface area (Å²) in [5.74, 6) is 0. The number of rotatable bonds is 5. The van der Waals surface area contributed by atoms with E-state index in [4.69, 9.17) is 0 Å². The van der Waals surface area contributed by atoms with E-state index in [1.807, 2.05) is 60.7 Å². The predicted octanol–water partition coefficient (Wildman–Crippen LogP) is 8.36. The van der Waals surface area contributed by atoms with Gasteiger partial charge in [-0.05, 0) is 65.3 Å². The Bertz CT molecular complexity index is 1230. The number of hydrogen-bond donors (Lipinski definition) is 0. The molecule has 0 saturated carbocycles. The molecule has 0 saturated heterocycles. The molecule has 4 rings (SSSR count). The van der Waals surface area contributed by atoms with Crippen LogP contribution in [0.5, 0.6) is 0 Å². The summed E-state index contributed by atoms with van der Waals surface area (Å²) in [6.45, 7) is 0. The molecule has 0 amide bonds. The zero-order chi connectivity index (χ0) is 25.1. The van der Waals surface area contributed by atoms with Crippen molar-refractivity contribution >= 4 is 29.9 Å². The van der Waals surface area contributed by atoms with Crippen molar-refractivity contribution in [2.24, 2.45) is 0 Å². The Balaban J connectivity index is 1.90. The van der Waals surface area contributed by atoms with E-state index in [9.17, 15) is 26.3 Å². The summed E-state index contributed by atoms with van der Waals surface area (Å²) < 4.78 is 78.7. The van der Waals surface area contributed by atoms with Crippen LogP contribution < -0.4 is 10.6 Å². The van der Waals surface area contributed by atoms with E-state index in [1.54, 1.807) is 6.08 Å². The fourth-order valence-electron chi connectivity index (χ4n) is 3.61. The normalized spacial score (nSPS) is 12.7. The van der Waals surface area contributed by atoms with Crippen molar-refractivity contribution in [1.29, 1.82) is 0 Å². The maximum Gasteiger partial charge on any atom is 0.416 e. The van der Waals surface area contributed by atoms with Crippen molar-refractivity contribution in [2.75, 3.05) is 0 Å². The molecule has 0 unspecified atom stereocenters. The molecule has 0 spiro atoms. The van der Waals surface area contributed by atoms with E-state index in [0.29, 0.717) is 11.1 Å².